The average Bonchev–Trinajstić information content (AvgIpc) is 3.65. The van der Waals surface area contributed by atoms with Gasteiger partial charge in [-0.05, 0) is 55.5 Å². The van der Waals surface area contributed by atoms with Crippen molar-refractivity contribution in [3.05, 3.63) is 89.7 Å². The van der Waals surface area contributed by atoms with Crippen molar-refractivity contribution < 1.29 is 9.59 Å². The Bertz CT molecular complexity index is 1680. The molecule has 0 spiro atoms. The number of aromatic amines is 1. The number of rotatable bonds is 3. The number of aryl methyl sites for hydroxylation is 1. The molecule has 3 aromatic heterocycles. The van der Waals surface area contributed by atoms with Gasteiger partial charge in [-0.25, -0.2) is 9.97 Å². The molecule has 2 atom stereocenters. The first-order chi connectivity index (χ1) is 18.5. The van der Waals surface area contributed by atoms with Gasteiger partial charge in [0.2, 0.25) is 0 Å². The molecule has 188 valence electrons. The van der Waals surface area contributed by atoms with Crippen LogP contribution in [0.15, 0.2) is 72.8 Å². The lowest BCUT2D eigenvalue weighted by Crippen LogP contribution is -2.36. The number of hydrogen-bond donors (Lipinski definition) is 1. The lowest BCUT2D eigenvalue weighted by atomic mass is 10.0. The predicted octanol–water partition coefficient (Wildman–Crippen LogP) is 4.33. The zero-order chi connectivity index (χ0) is 25.8. The van der Waals surface area contributed by atoms with Gasteiger partial charge in [0.25, 0.3) is 11.8 Å². The first kappa shape index (κ1) is 22.6. The molecule has 0 radical (unpaired) electrons. The molecule has 5 aromatic rings. The van der Waals surface area contributed by atoms with Crippen LogP contribution in [-0.4, -0.2) is 67.7 Å². The molecule has 2 amide bonds. The summed E-state index contributed by atoms with van der Waals surface area (Å²) in [6, 6.07) is 23.0. The minimum Gasteiger partial charge on any atom is -0.338 e. The van der Waals surface area contributed by atoms with Crippen LogP contribution in [0.2, 0.25) is 0 Å². The fraction of sp³-hybridized carbons (Fsp3) is 0.233. The molecular weight excluding hydrogens is 476 g/mol. The van der Waals surface area contributed by atoms with Gasteiger partial charge >= 0.3 is 0 Å². The molecule has 0 saturated carbocycles. The van der Waals surface area contributed by atoms with Crippen LogP contribution >= 0.6 is 0 Å². The maximum atomic E-state index is 13.4. The molecule has 7 rings (SSSR count). The van der Waals surface area contributed by atoms with Crippen LogP contribution in [0.25, 0.3) is 33.5 Å². The number of fused-ring (bicyclic) bond motifs is 3. The van der Waals surface area contributed by atoms with Crippen LogP contribution in [0, 0.1) is 18.8 Å². The number of pyridine rings is 2. The van der Waals surface area contributed by atoms with E-state index in [1.54, 1.807) is 6.07 Å². The van der Waals surface area contributed by atoms with E-state index < -0.39 is 0 Å². The number of benzene rings is 2. The number of imidazole rings is 1. The molecule has 5 heterocycles. The van der Waals surface area contributed by atoms with Gasteiger partial charge in [-0.15, -0.1) is 0 Å². The van der Waals surface area contributed by atoms with E-state index in [1.165, 1.54) is 0 Å². The number of para-hydroxylation sites is 2. The SMILES string of the molecule is Cc1ccc2cc(C(=O)N3CC4CN(C(=O)c5cccc(-c6nc7ccccc7[nH]6)n5)CC4C3)ccc2n1. The second-order valence-electron chi connectivity index (χ2n) is 10.3. The van der Waals surface area contributed by atoms with Crippen molar-refractivity contribution in [3.63, 3.8) is 0 Å². The molecule has 2 aliphatic rings. The monoisotopic (exact) mass is 502 g/mol. The Morgan fingerprint density at radius 3 is 2.32 bits per heavy atom. The van der Waals surface area contributed by atoms with Crippen LogP contribution in [0.5, 0.6) is 0 Å². The Kier molecular flexibility index (Phi) is 5.21. The maximum absolute atomic E-state index is 13.4. The lowest BCUT2D eigenvalue weighted by Gasteiger charge is -2.22. The largest absolute Gasteiger partial charge is 0.338 e. The van der Waals surface area contributed by atoms with Gasteiger partial charge in [0.15, 0.2) is 5.82 Å². The van der Waals surface area contributed by atoms with Crippen molar-refractivity contribution in [2.45, 2.75) is 6.92 Å². The predicted molar refractivity (Wildman–Crippen MR) is 145 cm³/mol. The number of likely N-dealkylation sites (tertiary alicyclic amines) is 2. The van der Waals surface area contributed by atoms with Gasteiger partial charge in [-0.2, -0.15) is 0 Å². The van der Waals surface area contributed by atoms with Crippen LogP contribution in [0.1, 0.15) is 26.5 Å². The molecule has 2 fully saturated rings. The molecule has 8 heteroatoms. The van der Waals surface area contributed by atoms with Crippen LogP contribution in [-0.2, 0) is 0 Å². The summed E-state index contributed by atoms with van der Waals surface area (Å²) in [6.45, 7) is 4.53. The first-order valence-electron chi connectivity index (χ1n) is 12.9. The quantitative estimate of drug-likeness (QED) is 0.396. The second kappa shape index (κ2) is 8.76. The Labute approximate surface area is 219 Å². The molecular formula is C30H26N6O2. The fourth-order valence-corrected chi connectivity index (χ4v) is 5.79. The number of nitrogens with one attached hydrogen (secondary N) is 1. The van der Waals surface area contributed by atoms with Gasteiger partial charge in [0.05, 0.1) is 16.6 Å². The van der Waals surface area contributed by atoms with Crippen molar-refractivity contribution in [3.8, 4) is 11.5 Å². The number of carbonyl (C=O) groups excluding carboxylic acids is 2. The third-order valence-corrected chi connectivity index (χ3v) is 7.74. The molecule has 2 saturated heterocycles. The van der Waals surface area contributed by atoms with Gasteiger partial charge in [0, 0.05) is 54.7 Å². The summed E-state index contributed by atoms with van der Waals surface area (Å²) in [4.78, 5) is 47.5. The molecule has 2 aliphatic heterocycles. The van der Waals surface area contributed by atoms with Crippen LogP contribution < -0.4 is 0 Å². The summed E-state index contributed by atoms with van der Waals surface area (Å²) in [7, 11) is 0. The summed E-state index contributed by atoms with van der Waals surface area (Å²) in [5, 5.41) is 0.968. The van der Waals surface area contributed by atoms with Crippen LogP contribution in [0.3, 0.4) is 0 Å². The highest BCUT2D eigenvalue weighted by Crippen LogP contribution is 2.33. The topological polar surface area (TPSA) is 95.1 Å². The fourth-order valence-electron chi connectivity index (χ4n) is 5.79. The van der Waals surface area contributed by atoms with E-state index in [0.29, 0.717) is 49.0 Å². The Hall–Kier alpha value is -4.59. The van der Waals surface area contributed by atoms with E-state index in [2.05, 4.69) is 19.9 Å². The van der Waals surface area contributed by atoms with E-state index in [0.717, 1.165) is 27.6 Å². The molecule has 1 N–H and O–H groups in total. The number of H-pyrrole nitrogens is 1. The van der Waals surface area contributed by atoms with Gasteiger partial charge in [-0.1, -0.05) is 24.3 Å². The molecule has 8 nitrogen and oxygen atoms in total. The van der Waals surface area contributed by atoms with Gasteiger partial charge in [-0.3, -0.25) is 14.6 Å². The number of carbonyl (C=O) groups is 2. The highest BCUT2D eigenvalue weighted by molar-refractivity contribution is 5.98. The van der Waals surface area contributed by atoms with E-state index in [1.807, 2.05) is 83.5 Å². The van der Waals surface area contributed by atoms with E-state index >= 15 is 0 Å². The summed E-state index contributed by atoms with van der Waals surface area (Å²) < 4.78 is 0. The lowest BCUT2D eigenvalue weighted by molar-refractivity contribution is 0.0735. The number of nitrogens with zero attached hydrogens (tertiary/aromatic N) is 5. The van der Waals surface area contributed by atoms with Gasteiger partial charge < -0.3 is 14.8 Å². The summed E-state index contributed by atoms with van der Waals surface area (Å²) in [5.41, 5.74) is 5.39. The number of hydrogen-bond acceptors (Lipinski definition) is 5. The standard InChI is InChI=1S/C30H26N6O2/c1-18-9-10-19-13-20(11-12-23(19)31-18)29(37)35-14-21-16-36(17-22(21)15-35)30(38)27-8-4-7-26(32-27)28-33-24-5-2-3-6-25(24)34-28/h2-13,21-22H,14-17H2,1H3,(H,33,34). The van der Waals surface area contributed by atoms with Gasteiger partial charge in [0.1, 0.15) is 11.4 Å². The summed E-state index contributed by atoms with van der Waals surface area (Å²) in [6.07, 6.45) is 0. The summed E-state index contributed by atoms with van der Waals surface area (Å²) in [5.74, 6) is 1.15. The molecule has 0 bridgehead atoms. The van der Waals surface area contributed by atoms with E-state index in [4.69, 9.17) is 0 Å². The van der Waals surface area contributed by atoms with Crippen molar-refractivity contribution in [1.29, 1.82) is 0 Å². The minimum atomic E-state index is -0.0763. The van der Waals surface area contributed by atoms with E-state index in [-0.39, 0.29) is 23.7 Å². The number of amides is 2. The second-order valence-corrected chi connectivity index (χ2v) is 10.3. The highest BCUT2D eigenvalue weighted by atomic mass is 16.2. The molecule has 38 heavy (non-hydrogen) atoms. The normalized spacial score (nSPS) is 18.9. The summed E-state index contributed by atoms with van der Waals surface area (Å²) >= 11 is 0. The van der Waals surface area contributed by atoms with Crippen molar-refractivity contribution >= 4 is 33.8 Å². The third kappa shape index (κ3) is 3.89. The maximum Gasteiger partial charge on any atom is 0.272 e. The zero-order valence-corrected chi connectivity index (χ0v) is 21.0. The first-order valence-corrected chi connectivity index (χ1v) is 12.9. The molecule has 2 unspecified atom stereocenters. The highest BCUT2D eigenvalue weighted by Gasteiger charge is 2.43. The van der Waals surface area contributed by atoms with Crippen molar-refractivity contribution in [2.24, 2.45) is 11.8 Å². The molecule has 2 aromatic carbocycles. The zero-order valence-electron chi connectivity index (χ0n) is 21.0. The molecule has 0 aliphatic carbocycles. The van der Waals surface area contributed by atoms with Crippen molar-refractivity contribution in [2.75, 3.05) is 26.2 Å². The Morgan fingerprint density at radius 1 is 0.763 bits per heavy atom. The van der Waals surface area contributed by atoms with Crippen molar-refractivity contribution in [1.82, 2.24) is 29.7 Å². The third-order valence-electron chi connectivity index (χ3n) is 7.74. The number of aromatic nitrogens is 4. The Morgan fingerprint density at radius 2 is 1.53 bits per heavy atom. The average molecular weight is 503 g/mol. The Balaban J connectivity index is 1.04. The smallest absolute Gasteiger partial charge is 0.272 e. The van der Waals surface area contributed by atoms with E-state index in [9.17, 15) is 9.59 Å². The minimum absolute atomic E-state index is 0.0416. The van der Waals surface area contributed by atoms with Crippen LogP contribution in [0.4, 0.5) is 0 Å².